The van der Waals surface area contributed by atoms with Gasteiger partial charge in [-0.15, -0.1) is 0 Å². The number of benzene rings is 2. The fourth-order valence-electron chi connectivity index (χ4n) is 2.94. The molecule has 2 aromatic carbocycles. The van der Waals surface area contributed by atoms with Gasteiger partial charge in [0.05, 0.1) is 24.9 Å². The van der Waals surface area contributed by atoms with Crippen molar-refractivity contribution in [3.8, 4) is 5.75 Å². The molecule has 1 aromatic heterocycles. The zero-order valence-corrected chi connectivity index (χ0v) is 16.7. The first-order valence-electron chi connectivity index (χ1n) is 8.84. The minimum atomic E-state index is -1.07. The second-order valence-corrected chi connectivity index (χ2v) is 6.91. The number of aromatic carboxylic acids is 1. The van der Waals surface area contributed by atoms with Crippen molar-refractivity contribution < 1.29 is 19.4 Å². The Morgan fingerprint density at radius 3 is 2.66 bits per heavy atom. The number of nitrogens with one attached hydrogen (secondary N) is 1. The molecule has 0 spiro atoms. The topological polar surface area (TPSA) is 93.5 Å². The summed E-state index contributed by atoms with van der Waals surface area (Å²) in [5.74, 6) is -1.09. The summed E-state index contributed by atoms with van der Waals surface area (Å²) in [6.07, 6.45) is 1.69. The summed E-state index contributed by atoms with van der Waals surface area (Å²) in [6, 6.07) is 12.2. The molecule has 29 heavy (non-hydrogen) atoms. The van der Waals surface area contributed by atoms with Crippen LogP contribution in [0.5, 0.6) is 5.75 Å². The standard InChI is InChI=1S/C21H20ClN3O4/c1-13-18(12-25(24-13)11-15-4-3-5-16(22)8-15)20(26)23-10-14-6-7-17(21(27)28)19(9-14)29-2/h3-9,12H,10-11H2,1-2H3,(H,23,26)(H,27,28). The number of rotatable bonds is 7. The number of hydrogen-bond acceptors (Lipinski definition) is 4. The van der Waals surface area contributed by atoms with Crippen molar-refractivity contribution in [1.82, 2.24) is 15.1 Å². The zero-order chi connectivity index (χ0) is 21.0. The molecule has 0 saturated carbocycles. The molecule has 0 atom stereocenters. The molecular weight excluding hydrogens is 394 g/mol. The van der Waals surface area contributed by atoms with Gasteiger partial charge in [0.2, 0.25) is 0 Å². The van der Waals surface area contributed by atoms with E-state index in [1.54, 1.807) is 36.0 Å². The summed E-state index contributed by atoms with van der Waals surface area (Å²) in [5.41, 5.74) is 2.87. The number of carboxylic acids is 1. The number of carboxylic acid groups (broad SMARTS) is 1. The van der Waals surface area contributed by atoms with E-state index in [9.17, 15) is 9.59 Å². The fraction of sp³-hybridized carbons (Fsp3) is 0.190. The van der Waals surface area contributed by atoms with Gasteiger partial charge in [0.25, 0.3) is 5.91 Å². The summed E-state index contributed by atoms with van der Waals surface area (Å²) in [4.78, 5) is 23.7. The Morgan fingerprint density at radius 2 is 1.97 bits per heavy atom. The maximum atomic E-state index is 12.6. The van der Waals surface area contributed by atoms with Crippen LogP contribution in [-0.4, -0.2) is 33.9 Å². The third kappa shape index (κ3) is 4.94. The average Bonchev–Trinajstić information content (AvgIpc) is 3.05. The van der Waals surface area contributed by atoms with Crippen LogP contribution in [0.15, 0.2) is 48.7 Å². The quantitative estimate of drug-likeness (QED) is 0.618. The Bertz CT molecular complexity index is 1060. The maximum absolute atomic E-state index is 12.6. The lowest BCUT2D eigenvalue weighted by Gasteiger charge is -2.09. The highest BCUT2D eigenvalue weighted by molar-refractivity contribution is 6.30. The van der Waals surface area contributed by atoms with Gasteiger partial charge in [0, 0.05) is 17.8 Å². The molecule has 0 aliphatic carbocycles. The average molecular weight is 414 g/mol. The summed E-state index contributed by atoms with van der Waals surface area (Å²) in [6.45, 7) is 2.50. The molecule has 8 heteroatoms. The molecule has 0 saturated heterocycles. The highest BCUT2D eigenvalue weighted by Crippen LogP contribution is 2.20. The van der Waals surface area contributed by atoms with E-state index in [-0.39, 0.29) is 23.8 Å². The second-order valence-electron chi connectivity index (χ2n) is 6.48. The van der Waals surface area contributed by atoms with Crippen LogP contribution in [0.25, 0.3) is 0 Å². The van der Waals surface area contributed by atoms with Crippen LogP contribution in [0.4, 0.5) is 0 Å². The third-order valence-electron chi connectivity index (χ3n) is 4.37. The number of aryl methyl sites for hydroxylation is 1. The SMILES string of the molecule is COc1cc(CNC(=O)c2cn(Cc3cccc(Cl)c3)nc2C)ccc1C(=O)O. The van der Waals surface area contributed by atoms with Crippen LogP contribution in [0.3, 0.4) is 0 Å². The van der Waals surface area contributed by atoms with Crippen molar-refractivity contribution in [3.63, 3.8) is 0 Å². The van der Waals surface area contributed by atoms with Gasteiger partial charge in [-0.05, 0) is 42.3 Å². The van der Waals surface area contributed by atoms with Gasteiger partial charge in [0.1, 0.15) is 11.3 Å². The van der Waals surface area contributed by atoms with Crippen molar-refractivity contribution >= 4 is 23.5 Å². The van der Waals surface area contributed by atoms with E-state index in [1.165, 1.54) is 13.2 Å². The molecule has 3 aromatic rings. The molecular formula is C21H20ClN3O4. The van der Waals surface area contributed by atoms with E-state index < -0.39 is 5.97 Å². The number of halogens is 1. The van der Waals surface area contributed by atoms with Crippen molar-refractivity contribution in [1.29, 1.82) is 0 Å². The molecule has 1 heterocycles. The number of ether oxygens (including phenoxy) is 1. The Hall–Kier alpha value is -3.32. The van der Waals surface area contributed by atoms with Gasteiger partial charge < -0.3 is 15.2 Å². The number of methoxy groups -OCH3 is 1. The highest BCUT2D eigenvalue weighted by Gasteiger charge is 2.15. The zero-order valence-electron chi connectivity index (χ0n) is 16.0. The Balaban J connectivity index is 1.68. The molecule has 3 rings (SSSR count). The van der Waals surface area contributed by atoms with Gasteiger partial charge >= 0.3 is 5.97 Å². The van der Waals surface area contributed by atoms with Gasteiger partial charge in [-0.1, -0.05) is 29.8 Å². The van der Waals surface area contributed by atoms with E-state index in [2.05, 4.69) is 10.4 Å². The fourth-order valence-corrected chi connectivity index (χ4v) is 3.16. The molecule has 0 aliphatic heterocycles. The van der Waals surface area contributed by atoms with Crippen LogP contribution in [0.1, 0.15) is 37.5 Å². The number of aromatic nitrogens is 2. The summed E-state index contributed by atoms with van der Waals surface area (Å²) < 4.78 is 6.80. The van der Waals surface area contributed by atoms with Gasteiger partial charge in [0.15, 0.2) is 0 Å². The van der Waals surface area contributed by atoms with Crippen LogP contribution in [-0.2, 0) is 13.1 Å². The van der Waals surface area contributed by atoms with Crippen LogP contribution in [0, 0.1) is 6.92 Å². The monoisotopic (exact) mass is 413 g/mol. The molecule has 1 amide bonds. The van der Waals surface area contributed by atoms with Gasteiger partial charge in [-0.3, -0.25) is 9.48 Å². The van der Waals surface area contributed by atoms with Crippen LogP contribution < -0.4 is 10.1 Å². The Labute approximate surface area is 172 Å². The number of amides is 1. The number of carbonyl (C=O) groups excluding carboxylic acids is 1. The van der Waals surface area contributed by atoms with Crippen LogP contribution in [0.2, 0.25) is 5.02 Å². The van der Waals surface area contributed by atoms with E-state index in [4.69, 9.17) is 21.4 Å². The minimum Gasteiger partial charge on any atom is -0.496 e. The summed E-state index contributed by atoms with van der Waals surface area (Å²) in [5, 5.41) is 17.0. The van der Waals surface area contributed by atoms with Gasteiger partial charge in [-0.2, -0.15) is 5.10 Å². The normalized spacial score (nSPS) is 10.6. The molecule has 0 bridgehead atoms. The molecule has 150 valence electrons. The molecule has 2 N–H and O–H groups in total. The van der Waals surface area contributed by atoms with Crippen molar-refractivity contribution in [2.75, 3.05) is 7.11 Å². The van der Waals surface area contributed by atoms with Gasteiger partial charge in [-0.25, -0.2) is 4.79 Å². The summed E-state index contributed by atoms with van der Waals surface area (Å²) in [7, 11) is 1.40. The predicted octanol–water partition coefficient (Wildman–Crippen LogP) is 3.53. The van der Waals surface area contributed by atoms with E-state index in [0.29, 0.717) is 22.8 Å². The van der Waals surface area contributed by atoms with E-state index in [1.807, 2.05) is 18.2 Å². The van der Waals surface area contributed by atoms with E-state index >= 15 is 0 Å². The molecule has 0 fully saturated rings. The van der Waals surface area contributed by atoms with Crippen molar-refractivity contribution in [2.45, 2.75) is 20.0 Å². The molecule has 7 nitrogen and oxygen atoms in total. The van der Waals surface area contributed by atoms with Crippen molar-refractivity contribution in [3.05, 3.63) is 81.6 Å². The first kappa shape index (κ1) is 20.4. The largest absolute Gasteiger partial charge is 0.496 e. The first-order valence-corrected chi connectivity index (χ1v) is 9.22. The number of carbonyl (C=O) groups is 2. The third-order valence-corrected chi connectivity index (χ3v) is 4.61. The first-order chi connectivity index (χ1) is 13.9. The number of nitrogens with zero attached hydrogens (tertiary/aromatic N) is 2. The second kappa shape index (κ2) is 8.79. The van der Waals surface area contributed by atoms with Crippen molar-refractivity contribution in [2.24, 2.45) is 0 Å². The summed E-state index contributed by atoms with van der Waals surface area (Å²) >= 11 is 6.01. The highest BCUT2D eigenvalue weighted by atomic mass is 35.5. The molecule has 0 radical (unpaired) electrons. The lowest BCUT2D eigenvalue weighted by molar-refractivity contribution is 0.0693. The maximum Gasteiger partial charge on any atom is 0.339 e. The van der Waals surface area contributed by atoms with Crippen LogP contribution >= 0.6 is 11.6 Å². The smallest absolute Gasteiger partial charge is 0.339 e. The number of hydrogen-bond donors (Lipinski definition) is 2. The molecule has 0 aliphatic rings. The predicted molar refractivity (Wildman–Crippen MR) is 109 cm³/mol. The Morgan fingerprint density at radius 1 is 1.17 bits per heavy atom. The lowest BCUT2D eigenvalue weighted by Crippen LogP contribution is -2.23. The Kier molecular flexibility index (Phi) is 6.19. The lowest BCUT2D eigenvalue weighted by atomic mass is 10.1. The minimum absolute atomic E-state index is 0.0701. The molecule has 0 unspecified atom stereocenters. The van der Waals surface area contributed by atoms with E-state index in [0.717, 1.165) is 11.1 Å².